The third-order valence-electron chi connectivity index (χ3n) is 3.83. The fraction of sp³-hybridized carbons (Fsp3) is 0.625. The van der Waals surface area contributed by atoms with Crippen molar-refractivity contribution < 1.29 is 4.74 Å². The van der Waals surface area contributed by atoms with Gasteiger partial charge in [-0.1, -0.05) is 12.1 Å². The zero-order valence-corrected chi connectivity index (χ0v) is 12.4. The molecule has 1 aromatic carbocycles. The largest absolute Gasteiger partial charge is 0.378 e. The van der Waals surface area contributed by atoms with E-state index in [0.717, 1.165) is 39.1 Å². The number of ether oxygens (including phenoxy) is 1. The second kappa shape index (κ2) is 6.92. The van der Waals surface area contributed by atoms with Gasteiger partial charge in [0.25, 0.3) is 0 Å². The SMILES string of the molecule is CCOC1CCN(c2ccc(CNC)cc2C)CC1. The number of nitrogens with zero attached hydrogens (tertiary/aromatic N) is 1. The van der Waals surface area contributed by atoms with Crippen LogP contribution in [0, 0.1) is 6.92 Å². The van der Waals surface area contributed by atoms with E-state index >= 15 is 0 Å². The monoisotopic (exact) mass is 262 g/mol. The van der Waals surface area contributed by atoms with Gasteiger partial charge in [0.05, 0.1) is 6.10 Å². The summed E-state index contributed by atoms with van der Waals surface area (Å²) in [6, 6.07) is 6.79. The van der Waals surface area contributed by atoms with Gasteiger partial charge in [-0.2, -0.15) is 0 Å². The first-order valence-electron chi connectivity index (χ1n) is 7.35. The maximum Gasteiger partial charge on any atom is 0.0608 e. The topological polar surface area (TPSA) is 24.5 Å². The van der Waals surface area contributed by atoms with Gasteiger partial charge in [0.15, 0.2) is 0 Å². The Kier molecular flexibility index (Phi) is 5.23. The van der Waals surface area contributed by atoms with Gasteiger partial charge in [-0.3, -0.25) is 0 Å². The number of rotatable bonds is 5. The summed E-state index contributed by atoms with van der Waals surface area (Å²) in [5, 5.41) is 3.20. The first-order valence-corrected chi connectivity index (χ1v) is 7.35. The zero-order valence-electron chi connectivity index (χ0n) is 12.4. The lowest BCUT2D eigenvalue weighted by molar-refractivity contribution is 0.0459. The second-order valence-corrected chi connectivity index (χ2v) is 5.29. The number of anilines is 1. The molecule has 0 spiro atoms. The summed E-state index contributed by atoms with van der Waals surface area (Å²) in [7, 11) is 1.99. The van der Waals surface area contributed by atoms with Crippen molar-refractivity contribution in [3.63, 3.8) is 0 Å². The molecular formula is C16H26N2O. The van der Waals surface area contributed by atoms with Crippen molar-refractivity contribution >= 4 is 5.69 Å². The van der Waals surface area contributed by atoms with Crippen LogP contribution in [-0.2, 0) is 11.3 Å². The molecule has 0 aliphatic carbocycles. The minimum absolute atomic E-state index is 0.463. The van der Waals surface area contributed by atoms with Crippen molar-refractivity contribution in [3.8, 4) is 0 Å². The molecule has 0 aromatic heterocycles. The molecule has 2 rings (SSSR count). The van der Waals surface area contributed by atoms with Crippen LogP contribution >= 0.6 is 0 Å². The summed E-state index contributed by atoms with van der Waals surface area (Å²) >= 11 is 0. The van der Waals surface area contributed by atoms with E-state index in [1.54, 1.807) is 0 Å². The molecule has 1 aromatic rings. The predicted molar refractivity (Wildman–Crippen MR) is 80.8 cm³/mol. The molecule has 1 aliphatic rings. The van der Waals surface area contributed by atoms with E-state index in [1.165, 1.54) is 16.8 Å². The molecule has 1 aliphatic heterocycles. The number of aryl methyl sites for hydroxylation is 1. The first kappa shape index (κ1) is 14.4. The second-order valence-electron chi connectivity index (χ2n) is 5.29. The van der Waals surface area contributed by atoms with Crippen LogP contribution in [0.5, 0.6) is 0 Å². The highest BCUT2D eigenvalue weighted by molar-refractivity contribution is 5.54. The molecular weight excluding hydrogens is 236 g/mol. The Morgan fingerprint density at radius 3 is 2.63 bits per heavy atom. The van der Waals surface area contributed by atoms with Crippen LogP contribution < -0.4 is 10.2 Å². The third-order valence-corrected chi connectivity index (χ3v) is 3.83. The Labute approximate surface area is 116 Å². The highest BCUT2D eigenvalue weighted by Crippen LogP contribution is 2.25. The van der Waals surface area contributed by atoms with Crippen LogP contribution in [0.25, 0.3) is 0 Å². The Morgan fingerprint density at radius 2 is 2.05 bits per heavy atom. The average Bonchev–Trinajstić information content (AvgIpc) is 2.41. The van der Waals surface area contributed by atoms with Crippen molar-refractivity contribution in [2.24, 2.45) is 0 Å². The van der Waals surface area contributed by atoms with Crippen molar-refractivity contribution in [1.29, 1.82) is 0 Å². The van der Waals surface area contributed by atoms with Crippen LogP contribution in [-0.4, -0.2) is 32.8 Å². The number of hydrogen-bond acceptors (Lipinski definition) is 3. The van der Waals surface area contributed by atoms with Gasteiger partial charge in [-0.15, -0.1) is 0 Å². The molecule has 0 amide bonds. The minimum Gasteiger partial charge on any atom is -0.378 e. The summed E-state index contributed by atoms with van der Waals surface area (Å²) in [6.07, 6.45) is 2.75. The van der Waals surface area contributed by atoms with Crippen LogP contribution in [0.4, 0.5) is 5.69 Å². The fourth-order valence-electron chi connectivity index (χ4n) is 2.89. The van der Waals surface area contributed by atoms with Crippen LogP contribution in [0.2, 0.25) is 0 Å². The third kappa shape index (κ3) is 3.71. The fourth-order valence-corrected chi connectivity index (χ4v) is 2.89. The summed E-state index contributed by atoms with van der Waals surface area (Å²) in [4.78, 5) is 2.49. The van der Waals surface area contributed by atoms with E-state index in [9.17, 15) is 0 Å². The normalized spacial score (nSPS) is 16.9. The van der Waals surface area contributed by atoms with Gasteiger partial charge in [0.1, 0.15) is 0 Å². The Hall–Kier alpha value is -1.06. The van der Waals surface area contributed by atoms with E-state index in [0.29, 0.717) is 6.10 Å². The Bertz CT molecular complexity index is 398. The molecule has 0 radical (unpaired) electrons. The van der Waals surface area contributed by atoms with Crippen LogP contribution in [0.1, 0.15) is 30.9 Å². The molecule has 0 unspecified atom stereocenters. The van der Waals surface area contributed by atoms with E-state index in [-0.39, 0.29) is 0 Å². The molecule has 0 saturated carbocycles. The Balaban J connectivity index is 1.99. The molecule has 19 heavy (non-hydrogen) atoms. The molecule has 3 nitrogen and oxygen atoms in total. The lowest BCUT2D eigenvalue weighted by Crippen LogP contribution is -2.37. The van der Waals surface area contributed by atoms with Crippen molar-refractivity contribution in [1.82, 2.24) is 5.32 Å². The Morgan fingerprint density at radius 1 is 1.32 bits per heavy atom. The quantitative estimate of drug-likeness (QED) is 0.883. The van der Waals surface area contributed by atoms with Crippen LogP contribution in [0.15, 0.2) is 18.2 Å². The van der Waals surface area contributed by atoms with E-state index < -0.39 is 0 Å². The molecule has 106 valence electrons. The molecule has 1 fully saturated rings. The summed E-state index contributed by atoms with van der Waals surface area (Å²) in [5.41, 5.74) is 4.12. The summed E-state index contributed by atoms with van der Waals surface area (Å²) < 4.78 is 5.71. The van der Waals surface area contributed by atoms with E-state index in [4.69, 9.17) is 4.74 Å². The van der Waals surface area contributed by atoms with Crippen molar-refractivity contribution in [3.05, 3.63) is 29.3 Å². The standard InChI is InChI=1S/C16H26N2O/c1-4-19-15-7-9-18(10-8-15)16-6-5-14(12-17-3)11-13(16)2/h5-6,11,15,17H,4,7-10,12H2,1-3H3. The molecule has 0 atom stereocenters. The summed E-state index contributed by atoms with van der Waals surface area (Å²) in [5.74, 6) is 0. The lowest BCUT2D eigenvalue weighted by atomic mass is 10.0. The number of hydrogen-bond donors (Lipinski definition) is 1. The molecule has 1 heterocycles. The molecule has 3 heteroatoms. The molecule has 1 N–H and O–H groups in total. The number of nitrogens with one attached hydrogen (secondary N) is 1. The predicted octanol–water partition coefficient (Wildman–Crippen LogP) is 2.72. The maximum atomic E-state index is 5.71. The average molecular weight is 262 g/mol. The summed E-state index contributed by atoms with van der Waals surface area (Å²) in [6.45, 7) is 8.28. The molecule has 0 bridgehead atoms. The van der Waals surface area contributed by atoms with Gasteiger partial charge < -0.3 is 15.0 Å². The van der Waals surface area contributed by atoms with Gasteiger partial charge in [-0.25, -0.2) is 0 Å². The number of benzene rings is 1. The highest BCUT2D eigenvalue weighted by atomic mass is 16.5. The zero-order chi connectivity index (χ0) is 13.7. The van der Waals surface area contributed by atoms with E-state index in [2.05, 4.69) is 42.3 Å². The van der Waals surface area contributed by atoms with Crippen molar-refractivity contribution in [2.75, 3.05) is 31.6 Å². The lowest BCUT2D eigenvalue weighted by Gasteiger charge is -2.34. The minimum atomic E-state index is 0.463. The van der Waals surface area contributed by atoms with Gasteiger partial charge in [0, 0.05) is 31.9 Å². The van der Waals surface area contributed by atoms with Gasteiger partial charge >= 0.3 is 0 Å². The number of piperidine rings is 1. The maximum absolute atomic E-state index is 5.71. The van der Waals surface area contributed by atoms with Crippen molar-refractivity contribution in [2.45, 2.75) is 39.3 Å². The van der Waals surface area contributed by atoms with Crippen LogP contribution in [0.3, 0.4) is 0 Å². The van der Waals surface area contributed by atoms with E-state index in [1.807, 2.05) is 7.05 Å². The highest BCUT2D eigenvalue weighted by Gasteiger charge is 2.20. The smallest absolute Gasteiger partial charge is 0.0608 e. The van der Waals surface area contributed by atoms with Gasteiger partial charge in [-0.05, 0) is 50.9 Å². The first-order chi connectivity index (χ1) is 9.24. The van der Waals surface area contributed by atoms with Gasteiger partial charge in [0.2, 0.25) is 0 Å². The molecule has 1 saturated heterocycles.